The Bertz CT molecular complexity index is 322. The molecule has 0 heterocycles. The molecule has 0 fully saturated rings. The van der Waals surface area contributed by atoms with Gasteiger partial charge in [-0.25, -0.2) is 0 Å². The molecule has 17 heavy (non-hydrogen) atoms. The second kappa shape index (κ2) is 6.75. The average Bonchev–Trinajstić information content (AvgIpc) is 2.14. The topological polar surface area (TPSA) is 69.6 Å². The van der Waals surface area contributed by atoms with Crippen LogP contribution in [0.15, 0.2) is 0 Å². The lowest BCUT2D eigenvalue weighted by molar-refractivity contribution is -0.144. The quantitative estimate of drug-likeness (QED) is 0.636. The van der Waals surface area contributed by atoms with E-state index in [9.17, 15) is 22.8 Å². The molecule has 0 aliphatic heterocycles. The number of rotatable bonds is 6. The number of carbonyl (C=O) groups is 2. The molecule has 0 atom stereocenters. The molecule has 0 radical (unpaired) electrons. The van der Waals surface area contributed by atoms with E-state index < -0.39 is 37.7 Å². The molecule has 0 aromatic rings. The van der Waals surface area contributed by atoms with Crippen LogP contribution in [0.1, 0.15) is 0 Å². The van der Waals surface area contributed by atoms with Crippen LogP contribution in [0.25, 0.3) is 0 Å². The van der Waals surface area contributed by atoms with Crippen molar-refractivity contribution in [3.63, 3.8) is 0 Å². The standard InChI is InChI=1S/C9H11F3N2O3/c1-2-3-14(5-8(16)17)7(15)4-13-6-9(10,11)12/h1,13H,3-6H2,(H,16,17). The second-order valence-corrected chi connectivity index (χ2v) is 3.07. The normalized spacial score (nSPS) is 10.7. The van der Waals surface area contributed by atoms with Gasteiger partial charge in [-0.2, -0.15) is 13.2 Å². The van der Waals surface area contributed by atoms with Crippen molar-refractivity contribution in [2.45, 2.75) is 6.18 Å². The lowest BCUT2D eigenvalue weighted by atomic mass is 10.4. The molecule has 2 N–H and O–H groups in total. The SMILES string of the molecule is C#CCN(CC(=O)O)C(=O)CNCC(F)(F)F. The average molecular weight is 252 g/mol. The molecule has 0 saturated heterocycles. The van der Waals surface area contributed by atoms with Gasteiger partial charge in [0.05, 0.1) is 19.6 Å². The first-order valence-corrected chi connectivity index (χ1v) is 4.46. The molecule has 0 aromatic carbocycles. The number of nitrogens with zero attached hydrogens (tertiary/aromatic N) is 1. The zero-order chi connectivity index (χ0) is 13.5. The molecule has 0 aliphatic carbocycles. The maximum atomic E-state index is 11.8. The van der Waals surface area contributed by atoms with E-state index in [0.717, 1.165) is 4.90 Å². The van der Waals surface area contributed by atoms with Crippen molar-refractivity contribution in [2.24, 2.45) is 0 Å². The van der Waals surface area contributed by atoms with Crippen LogP contribution < -0.4 is 5.32 Å². The van der Waals surface area contributed by atoms with Crippen LogP contribution in [0.2, 0.25) is 0 Å². The number of terminal acetylenes is 1. The molecular weight excluding hydrogens is 241 g/mol. The Morgan fingerprint density at radius 2 is 2.00 bits per heavy atom. The molecule has 0 unspecified atom stereocenters. The van der Waals surface area contributed by atoms with Crippen molar-refractivity contribution in [1.29, 1.82) is 0 Å². The van der Waals surface area contributed by atoms with Gasteiger partial charge in [0.25, 0.3) is 0 Å². The first-order chi connectivity index (χ1) is 7.76. The minimum atomic E-state index is -4.43. The largest absolute Gasteiger partial charge is 0.480 e. The number of carboxylic acids is 1. The summed E-state index contributed by atoms with van der Waals surface area (Å²) in [5.41, 5.74) is 0. The van der Waals surface area contributed by atoms with Crippen molar-refractivity contribution in [3.05, 3.63) is 0 Å². The van der Waals surface area contributed by atoms with E-state index in [1.54, 1.807) is 0 Å². The molecule has 96 valence electrons. The van der Waals surface area contributed by atoms with Gasteiger partial charge in [0.2, 0.25) is 5.91 Å². The lowest BCUT2D eigenvalue weighted by Crippen LogP contribution is -2.43. The first-order valence-electron chi connectivity index (χ1n) is 4.46. The van der Waals surface area contributed by atoms with Crippen LogP contribution in [0, 0.1) is 12.3 Å². The number of nitrogens with one attached hydrogen (secondary N) is 1. The van der Waals surface area contributed by atoms with E-state index in [-0.39, 0.29) is 6.54 Å². The molecule has 0 aliphatic rings. The number of carbonyl (C=O) groups excluding carboxylic acids is 1. The van der Waals surface area contributed by atoms with E-state index >= 15 is 0 Å². The zero-order valence-corrected chi connectivity index (χ0v) is 8.75. The number of alkyl halides is 3. The van der Waals surface area contributed by atoms with Gasteiger partial charge in [0.15, 0.2) is 0 Å². The molecule has 0 aromatic heterocycles. The van der Waals surface area contributed by atoms with Crippen LogP contribution >= 0.6 is 0 Å². The first kappa shape index (κ1) is 15.2. The monoisotopic (exact) mass is 252 g/mol. The molecule has 1 amide bonds. The van der Waals surface area contributed by atoms with Crippen LogP contribution in [0.5, 0.6) is 0 Å². The molecule has 0 spiro atoms. The maximum absolute atomic E-state index is 11.8. The highest BCUT2D eigenvalue weighted by Gasteiger charge is 2.27. The number of halogens is 3. The summed E-state index contributed by atoms with van der Waals surface area (Å²) in [7, 11) is 0. The van der Waals surface area contributed by atoms with Gasteiger partial charge in [-0.05, 0) is 0 Å². The smallest absolute Gasteiger partial charge is 0.401 e. The van der Waals surface area contributed by atoms with Gasteiger partial charge < -0.3 is 15.3 Å². The fraction of sp³-hybridized carbons (Fsp3) is 0.556. The highest BCUT2D eigenvalue weighted by Crippen LogP contribution is 2.11. The number of carboxylic acid groups (broad SMARTS) is 1. The van der Waals surface area contributed by atoms with Gasteiger partial charge in [0, 0.05) is 0 Å². The third-order valence-corrected chi connectivity index (χ3v) is 1.56. The van der Waals surface area contributed by atoms with Crippen LogP contribution in [0.4, 0.5) is 13.2 Å². The zero-order valence-electron chi connectivity index (χ0n) is 8.75. The van der Waals surface area contributed by atoms with Gasteiger partial charge in [-0.1, -0.05) is 5.92 Å². The van der Waals surface area contributed by atoms with Crippen LogP contribution in [0.3, 0.4) is 0 Å². The number of aliphatic carboxylic acids is 1. The van der Waals surface area contributed by atoms with E-state index in [0.29, 0.717) is 0 Å². The van der Waals surface area contributed by atoms with Gasteiger partial charge in [0.1, 0.15) is 6.54 Å². The third kappa shape index (κ3) is 8.10. The number of hydrogen-bond acceptors (Lipinski definition) is 3. The van der Waals surface area contributed by atoms with Gasteiger partial charge in [-0.15, -0.1) is 6.42 Å². The highest BCUT2D eigenvalue weighted by atomic mass is 19.4. The van der Waals surface area contributed by atoms with Crippen molar-refractivity contribution in [1.82, 2.24) is 10.2 Å². The Morgan fingerprint density at radius 1 is 1.41 bits per heavy atom. The molecule has 0 bridgehead atoms. The summed E-state index contributed by atoms with van der Waals surface area (Å²) in [6.45, 7) is -2.85. The summed E-state index contributed by atoms with van der Waals surface area (Å²) < 4.78 is 35.3. The van der Waals surface area contributed by atoms with Crippen molar-refractivity contribution < 1.29 is 27.9 Å². The van der Waals surface area contributed by atoms with Crippen molar-refractivity contribution >= 4 is 11.9 Å². The second-order valence-electron chi connectivity index (χ2n) is 3.07. The summed E-state index contributed by atoms with van der Waals surface area (Å²) in [4.78, 5) is 22.4. The predicted molar refractivity (Wildman–Crippen MR) is 52.0 cm³/mol. The fourth-order valence-electron chi connectivity index (χ4n) is 0.929. The van der Waals surface area contributed by atoms with Crippen molar-refractivity contribution in [2.75, 3.05) is 26.2 Å². The van der Waals surface area contributed by atoms with E-state index in [2.05, 4.69) is 5.92 Å². The minimum absolute atomic E-state index is 0.265. The fourth-order valence-corrected chi connectivity index (χ4v) is 0.929. The predicted octanol–water partition coefficient (Wildman–Crippen LogP) is -0.315. The molecule has 5 nitrogen and oxygen atoms in total. The molecular formula is C9H11F3N2O3. The lowest BCUT2D eigenvalue weighted by Gasteiger charge is -2.18. The summed E-state index contributed by atoms with van der Waals surface area (Å²) in [6.07, 6.45) is 0.477. The summed E-state index contributed by atoms with van der Waals surface area (Å²) in [5, 5.41) is 10.3. The van der Waals surface area contributed by atoms with E-state index in [1.807, 2.05) is 5.32 Å². The Kier molecular flexibility index (Phi) is 6.06. The Morgan fingerprint density at radius 3 is 2.41 bits per heavy atom. The number of amides is 1. The maximum Gasteiger partial charge on any atom is 0.401 e. The van der Waals surface area contributed by atoms with Crippen molar-refractivity contribution in [3.8, 4) is 12.3 Å². The van der Waals surface area contributed by atoms with E-state index in [1.165, 1.54) is 0 Å². The summed E-state index contributed by atoms with van der Waals surface area (Å²) in [5.74, 6) is -0.0318. The third-order valence-electron chi connectivity index (χ3n) is 1.56. The Labute approximate surface area is 95.6 Å². The molecule has 8 heteroatoms. The minimum Gasteiger partial charge on any atom is -0.480 e. The molecule has 0 rings (SSSR count). The van der Waals surface area contributed by atoms with Crippen LogP contribution in [-0.4, -0.2) is 54.2 Å². The Balaban J connectivity index is 4.15. The van der Waals surface area contributed by atoms with Gasteiger partial charge in [-0.3, -0.25) is 9.59 Å². The van der Waals surface area contributed by atoms with Gasteiger partial charge >= 0.3 is 12.1 Å². The summed E-state index contributed by atoms with van der Waals surface area (Å²) in [6, 6.07) is 0. The number of hydrogen-bond donors (Lipinski definition) is 2. The summed E-state index contributed by atoms with van der Waals surface area (Å²) >= 11 is 0. The van der Waals surface area contributed by atoms with E-state index in [4.69, 9.17) is 11.5 Å². The highest BCUT2D eigenvalue weighted by molar-refractivity contribution is 5.82. The van der Waals surface area contributed by atoms with Crippen LogP contribution in [-0.2, 0) is 9.59 Å². The molecule has 0 saturated carbocycles. The Hall–Kier alpha value is -1.75.